The van der Waals surface area contributed by atoms with Crippen LogP contribution in [0.15, 0.2) is 24.3 Å². The number of halogens is 1. The zero-order valence-corrected chi connectivity index (χ0v) is 14.1. The summed E-state index contributed by atoms with van der Waals surface area (Å²) in [6, 6.07) is 7.05. The summed E-state index contributed by atoms with van der Waals surface area (Å²) in [5.41, 5.74) is 0.648. The molecule has 0 spiro atoms. The zero-order chi connectivity index (χ0) is 16.2. The fourth-order valence-corrected chi connectivity index (χ4v) is 3.45. The van der Waals surface area contributed by atoms with E-state index in [1.807, 2.05) is 0 Å². The van der Waals surface area contributed by atoms with E-state index >= 15 is 0 Å². The maximum absolute atomic E-state index is 11.9. The lowest BCUT2D eigenvalue weighted by atomic mass is 10.1. The van der Waals surface area contributed by atoms with Crippen molar-refractivity contribution in [2.75, 3.05) is 13.9 Å². The molecule has 0 aliphatic heterocycles. The average molecular weight is 350 g/mol. The molecule has 0 bridgehead atoms. The van der Waals surface area contributed by atoms with Gasteiger partial charge in [0.2, 0.25) is 0 Å². The van der Waals surface area contributed by atoms with Crippen LogP contribution < -0.4 is 4.72 Å². The molecule has 8 heteroatoms. The summed E-state index contributed by atoms with van der Waals surface area (Å²) < 4.78 is 42.0. The van der Waals surface area contributed by atoms with Gasteiger partial charge in [0.25, 0.3) is 0 Å². The van der Waals surface area contributed by atoms with Gasteiger partial charge in [0.05, 0.1) is 0 Å². The van der Waals surface area contributed by atoms with Crippen LogP contribution >= 0.6 is 11.6 Å². The van der Waals surface area contributed by atoms with Crippen LogP contribution in [0.25, 0.3) is 0 Å². The van der Waals surface area contributed by atoms with Gasteiger partial charge in [0.15, 0.2) is 0 Å². The maximum atomic E-state index is 11.9. The van der Waals surface area contributed by atoms with Gasteiger partial charge in [-0.25, -0.2) is 0 Å². The van der Waals surface area contributed by atoms with E-state index in [0.717, 1.165) is 12.8 Å². The van der Waals surface area contributed by atoms with Gasteiger partial charge in [-0.2, -0.15) is 13.1 Å². The second-order valence-electron chi connectivity index (χ2n) is 5.16. The van der Waals surface area contributed by atoms with Gasteiger partial charge < -0.3 is 9.47 Å². The third kappa shape index (κ3) is 5.19. The van der Waals surface area contributed by atoms with Crippen LogP contribution in [0.5, 0.6) is 0 Å². The topological polar surface area (TPSA) is 73.9 Å². The van der Waals surface area contributed by atoms with Crippen LogP contribution in [0.3, 0.4) is 0 Å². The van der Waals surface area contributed by atoms with E-state index in [9.17, 15) is 8.42 Å². The number of rotatable bonds is 9. The Kier molecular flexibility index (Phi) is 6.19. The van der Waals surface area contributed by atoms with Crippen molar-refractivity contribution in [3.63, 3.8) is 0 Å². The smallest absolute Gasteiger partial charge is 0.336 e. The predicted molar refractivity (Wildman–Crippen MR) is 82.8 cm³/mol. The summed E-state index contributed by atoms with van der Waals surface area (Å²) in [6.45, 7) is 1.62. The SMILES string of the molecule is COCO[C@@H](c1ccccc1Cl)[C@H](C)OS(=O)(=O)NC1CC1. The van der Waals surface area contributed by atoms with Gasteiger partial charge in [-0.05, 0) is 25.8 Å². The molecule has 1 N–H and O–H groups in total. The lowest BCUT2D eigenvalue weighted by molar-refractivity contribution is -0.104. The van der Waals surface area contributed by atoms with Crippen molar-refractivity contribution < 1.29 is 22.1 Å². The van der Waals surface area contributed by atoms with Crippen molar-refractivity contribution in [2.24, 2.45) is 0 Å². The largest absolute Gasteiger partial charge is 0.359 e. The number of nitrogens with one attached hydrogen (secondary N) is 1. The Morgan fingerprint density at radius 2 is 2.05 bits per heavy atom. The van der Waals surface area contributed by atoms with E-state index in [1.54, 1.807) is 31.2 Å². The molecule has 2 atom stereocenters. The number of ether oxygens (including phenoxy) is 2. The van der Waals surface area contributed by atoms with E-state index in [4.69, 9.17) is 25.3 Å². The minimum atomic E-state index is -3.82. The molecule has 1 aliphatic rings. The molecule has 0 heterocycles. The molecule has 1 aromatic rings. The fraction of sp³-hybridized carbons (Fsp3) is 0.571. The standard InChI is InChI=1S/C14H20ClNO5S/c1-10(21-22(17,18)16-11-7-8-11)14(20-9-19-2)12-5-3-4-6-13(12)15/h3-6,10-11,14,16H,7-9H2,1-2H3/t10-,14+/m0/s1. The van der Waals surface area contributed by atoms with Gasteiger partial charge in [-0.15, -0.1) is 0 Å². The quantitative estimate of drug-likeness (QED) is 0.693. The van der Waals surface area contributed by atoms with Crippen molar-refractivity contribution in [1.29, 1.82) is 0 Å². The van der Waals surface area contributed by atoms with Crippen molar-refractivity contribution in [2.45, 2.75) is 38.0 Å². The molecule has 1 saturated carbocycles. The number of benzene rings is 1. The molecule has 0 radical (unpaired) electrons. The normalized spacial score (nSPS) is 18.1. The van der Waals surface area contributed by atoms with Crippen LogP contribution in [-0.4, -0.2) is 34.5 Å². The van der Waals surface area contributed by atoms with E-state index in [-0.39, 0.29) is 12.8 Å². The molecule has 6 nitrogen and oxygen atoms in total. The molecule has 1 aliphatic carbocycles. The Labute approximate surface area is 136 Å². The van der Waals surface area contributed by atoms with Crippen molar-refractivity contribution in [3.05, 3.63) is 34.9 Å². The number of hydrogen-bond acceptors (Lipinski definition) is 5. The van der Waals surface area contributed by atoms with Crippen molar-refractivity contribution in [3.8, 4) is 0 Å². The maximum Gasteiger partial charge on any atom is 0.336 e. The lowest BCUT2D eigenvalue weighted by Crippen LogP contribution is -2.34. The monoisotopic (exact) mass is 349 g/mol. The Morgan fingerprint density at radius 3 is 2.64 bits per heavy atom. The lowest BCUT2D eigenvalue weighted by Gasteiger charge is -2.25. The number of hydrogen-bond donors (Lipinski definition) is 1. The summed E-state index contributed by atoms with van der Waals surface area (Å²) >= 11 is 6.17. The molecular formula is C14H20ClNO5S. The predicted octanol–water partition coefficient (Wildman–Crippen LogP) is 2.40. The van der Waals surface area contributed by atoms with Crippen LogP contribution in [0.4, 0.5) is 0 Å². The summed E-state index contributed by atoms with van der Waals surface area (Å²) in [5.74, 6) is 0. The minimum Gasteiger partial charge on any atom is -0.359 e. The molecule has 1 fully saturated rings. The molecular weight excluding hydrogens is 330 g/mol. The molecule has 0 saturated heterocycles. The van der Waals surface area contributed by atoms with E-state index in [1.165, 1.54) is 7.11 Å². The molecule has 1 aromatic carbocycles. The van der Waals surface area contributed by atoms with E-state index in [2.05, 4.69) is 4.72 Å². The Bertz CT molecular complexity index is 591. The Morgan fingerprint density at radius 1 is 1.36 bits per heavy atom. The molecule has 0 aromatic heterocycles. The first kappa shape index (κ1) is 17.7. The van der Waals surface area contributed by atoms with Crippen molar-refractivity contribution in [1.82, 2.24) is 4.72 Å². The first-order valence-corrected chi connectivity index (χ1v) is 8.77. The van der Waals surface area contributed by atoms with Crippen LogP contribution in [0, 0.1) is 0 Å². The zero-order valence-electron chi connectivity index (χ0n) is 12.5. The van der Waals surface area contributed by atoms with Gasteiger partial charge in [0, 0.05) is 23.7 Å². The second-order valence-corrected chi connectivity index (χ2v) is 6.91. The third-order valence-corrected chi connectivity index (χ3v) is 4.69. The average Bonchev–Trinajstić information content (AvgIpc) is 3.23. The highest BCUT2D eigenvalue weighted by molar-refractivity contribution is 7.84. The summed E-state index contributed by atoms with van der Waals surface area (Å²) in [5, 5.41) is 0.478. The van der Waals surface area contributed by atoms with Crippen LogP contribution in [-0.2, 0) is 24.0 Å². The highest BCUT2D eigenvalue weighted by Crippen LogP contribution is 2.30. The van der Waals surface area contributed by atoms with E-state index < -0.39 is 22.5 Å². The van der Waals surface area contributed by atoms with Gasteiger partial charge in [-0.3, -0.25) is 4.18 Å². The summed E-state index contributed by atoms with van der Waals surface area (Å²) in [4.78, 5) is 0. The number of methoxy groups -OCH3 is 1. The molecule has 124 valence electrons. The van der Waals surface area contributed by atoms with E-state index in [0.29, 0.717) is 10.6 Å². The first-order valence-electron chi connectivity index (χ1n) is 6.98. The highest BCUT2D eigenvalue weighted by atomic mass is 35.5. The fourth-order valence-electron chi connectivity index (χ4n) is 2.01. The summed E-state index contributed by atoms with van der Waals surface area (Å²) in [7, 11) is -2.34. The third-order valence-electron chi connectivity index (χ3n) is 3.17. The minimum absolute atomic E-state index is 0.000307. The Hall–Kier alpha value is -0.700. The Balaban J connectivity index is 2.11. The van der Waals surface area contributed by atoms with Gasteiger partial charge in [0.1, 0.15) is 19.0 Å². The second kappa shape index (κ2) is 7.72. The van der Waals surface area contributed by atoms with Gasteiger partial charge in [-0.1, -0.05) is 29.8 Å². The first-order chi connectivity index (χ1) is 10.4. The van der Waals surface area contributed by atoms with Crippen LogP contribution in [0.1, 0.15) is 31.4 Å². The highest BCUT2D eigenvalue weighted by Gasteiger charge is 2.32. The summed E-state index contributed by atoms with van der Waals surface area (Å²) in [6.07, 6.45) is 0.256. The van der Waals surface area contributed by atoms with Crippen LogP contribution in [0.2, 0.25) is 5.02 Å². The molecule has 0 unspecified atom stereocenters. The molecule has 2 rings (SSSR count). The van der Waals surface area contributed by atoms with Gasteiger partial charge >= 0.3 is 10.3 Å². The van der Waals surface area contributed by atoms with Crippen molar-refractivity contribution >= 4 is 21.9 Å². The molecule has 0 amide bonds. The molecule has 22 heavy (non-hydrogen) atoms.